The summed E-state index contributed by atoms with van der Waals surface area (Å²) < 4.78 is 127. The van der Waals surface area contributed by atoms with Gasteiger partial charge in [0, 0.05) is 81.0 Å². The molecule has 2 unspecified atom stereocenters. The molecule has 4 aliphatic carbocycles. The number of hydrogen-bond acceptors (Lipinski definition) is 14. The van der Waals surface area contributed by atoms with Crippen LogP contribution in [0.2, 0.25) is 0 Å². The van der Waals surface area contributed by atoms with Gasteiger partial charge in [-0.15, -0.1) is 0 Å². The second-order valence-electron chi connectivity index (χ2n) is 33.3. The van der Waals surface area contributed by atoms with E-state index in [1.54, 1.807) is 40.7 Å². The molecule has 12 amide bonds. The third kappa shape index (κ3) is 21.6. The van der Waals surface area contributed by atoms with Crippen LogP contribution in [0, 0.1) is 41.4 Å². The van der Waals surface area contributed by atoms with Crippen LogP contribution in [0.5, 0.6) is 0 Å². The molecule has 26 nitrogen and oxygen atoms in total. The first kappa shape index (κ1) is 90.3. The van der Waals surface area contributed by atoms with Gasteiger partial charge in [0.05, 0.1) is 44.7 Å². The highest BCUT2D eigenvalue weighted by atomic mass is 19.4. The molecule has 4 saturated carbocycles. The summed E-state index contributed by atoms with van der Waals surface area (Å²) in [4.78, 5) is 194. The third-order valence-corrected chi connectivity index (χ3v) is 25.1. The molecule has 2 bridgehead atoms. The fourth-order valence-electron chi connectivity index (χ4n) is 18.0. The zero-order chi connectivity index (χ0) is 82.8. The van der Waals surface area contributed by atoms with Gasteiger partial charge in [-0.05, 0) is 153 Å². The average molecular weight is 1600 g/mol. The van der Waals surface area contributed by atoms with Crippen LogP contribution in [0.25, 0.3) is 0 Å². The van der Waals surface area contributed by atoms with Crippen LogP contribution in [0.4, 0.5) is 35.1 Å². The lowest BCUT2D eigenvalue weighted by Gasteiger charge is -2.47. The Bertz CT molecular complexity index is 3370. The van der Waals surface area contributed by atoms with Crippen LogP contribution in [0.1, 0.15) is 183 Å². The van der Waals surface area contributed by atoms with Crippen molar-refractivity contribution in [1.29, 1.82) is 0 Å². The number of hydrogen-bond donors (Lipinski definition) is 3. The summed E-state index contributed by atoms with van der Waals surface area (Å²) in [7, 11) is 6.68. The molecule has 1 spiro atoms. The Morgan fingerprint density at radius 3 is 1.84 bits per heavy atom. The van der Waals surface area contributed by atoms with Crippen molar-refractivity contribution in [2.45, 2.75) is 268 Å². The molecular weight excluding hydrogens is 1480 g/mol. The molecule has 7 fully saturated rings. The maximum atomic E-state index is 15.8. The van der Waals surface area contributed by atoms with E-state index >= 15 is 51.9 Å². The van der Waals surface area contributed by atoms with Crippen molar-refractivity contribution in [3.05, 3.63) is 11.6 Å². The number of ether oxygens (including phenoxy) is 2. The van der Waals surface area contributed by atoms with Crippen molar-refractivity contribution in [2.75, 3.05) is 101 Å². The van der Waals surface area contributed by atoms with Crippen LogP contribution in [-0.4, -0.2) is 301 Å². The van der Waals surface area contributed by atoms with Gasteiger partial charge >= 0.3 is 12.4 Å². The minimum absolute atomic E-state index is 0.0112. The van der Waals surface area contributed by atoms with Crippen LogP contribution in [0.3, 0.4) is 0 Å². The zero-order valence-electron chi connectivity index (χ0n) is 67.2. The minimum atomic E-state index is -5.22. The fourth-order valence-corrected chi connectivity index (χ4v) is 18.0. The van der Waals surface area contributed by atoms with E-state index in [0.717, 1.165) is 19.6 Å². The van der Waals surface area contributed by atoms with Crippen molar-refractivity contribution in [3.63, 3.8) is 0 Å². The van der Waals surface area contributed by atoms with Crippen LogP contribution < -0.4 is 16.0 Å². The Morgan fingerprint density at radius 1 is 0.652 bits per heavy atom. The fraction of sp³-hybridized carbons (Fsp3) is 0.821. The number of halogens is 8. The Morgan fingerprint density at radius 2 is 1.28 bits per heavy atom. The molecule has 34 heteroatoms. The smallest absolute Gasteiger partial charge is 0.378 e. The number of nitrogens with zero attached hydrogens (tertiary/aromatic N) is 9. The summed E-state index contributed by atoms with van der Waals surface area (Å²) >= 11 is 0. The summed E-state index contributed by atoms with van der Waals surface area (Å²) in [6.07, 6.45) is -15.2. The SMILES string of the molecule is CCO[C@@H]1C[C@H]2C(=O)NC3(CCC3)C(=O)N(C)[C@@H](C3CCCC3)C(=O)N(C)[C@H](C(=O)N3CCOCC3)CC(=O)N(CC)[C@@H](CC(C)C)C(=O)N[C@@H]([C@@H](C)CC)C(=O)N(C)CC(=O)N(C)[C@H]3CC(C)=CCN(C3=O)[C@@H](CC3CCC(C(F)(F)F)CC3)C(=O)N(C)CC(=O)N[C@@H](CCC3CC(F)C(C(F)(F)F)C(F)C3)C(=O)N2C1. The molecule has 0 aromatic heterocycles. The second-order valence-corrected chi connectivity index (χ2v) is 33.3. The minimum Gasteiger partial charge on any atom is -0.378 e. The first-order chi connectivity index (χ1) is 52.7. The summed E-state index contributed by atoms with van der Waals surface area (Å²) in [6.45, 7) is 10.6. The largest absolute Gasteiger partial charge is 0.397 e. The second kappa shape index (κ2) is 38.9. The topological polar surface area (TPSA) is 289 Å². The molecule has 0 aromatic carbocycles. The molecule has 4 heterocycles. The normalized spacial score (nSPS) is 31.8. The van der Waals surface area contributed by atoms with Crippen LogP contribution in [-0.2, 0) is 67.0 Å². The maximum absolute atomic E-state index is 15.8. The quantitative estimate of drug-likeness (QED) is 0.123. The lowest BCUT2D eigenvalue weighted by atomic mass is 9.74. The third-order valence-electron chi connectivity index (χ3n) is 25.1. The van der Waals surface area contributed by atoms with E-state index in [4.69, 9.17) is 9.47 Å². The summed E-state index contributed by atoms with van der Waals surface area (Å²) in [5.41, 5.74) is -1.12. The van der Waals surface area contributed by atoms with Crippen molar-refractivity contribution >= 4 is 70.9 Å². The van der Waals surface area contributed by atoms with Gasteiger partial charge in [0.1, 0.15) is 72.1 Å². The predicted octanol–water partition coefficient (Wildman–Crippen LogP) is 6.51. The Hall–Kier alpha value is -7.26. The van der Waals surface area contributed by atoms with Gasteiger partial charge < -0.3 is 69.5 Å². The van der Waals surface area contributed by atoms with Crippen LogP contribution >= 0.6 is 0 Å². The number of amides is 12. The van der Waals surface area contributed by atoms with Gasteiger partial charge in [-0.1, -0.05) is 58.6 Å². The average Bonchev–Trinajstić information content (AvgIpc) is 1.14. The lowest BCUT2D eigenvalue weighted by Crippen LogP contribution is -2.68. The van der Waals surface area contributed by atoms with Gasteiger partial charge in [-0.3, -0.25) is 57.5 Å². The van der Waals surface area contributed by atoms with E-state index in [0.29, 0.717) is 44.1 Å². The summed E-state index contributed by atoms with van der Waals surface area (Å²) in [5.74, 6) is -17.0. The predicted molar refractivity (Wildman–Crippen MR) is 394 cm³/mol. The maximum Gasteiger partial charge on any atom is 0.397 e. The number of morpholine rings is 1. The molecular formula is C78H120F8N12O14. The van der Waals surface area contributed by atoms with E-state index < -0.39 is 230 Å². The number of fused-ring (bicyclic) bond motifs is 3. The molecule has 12 atom stereocenters. The van der Waals surface area contributed by atoms with E-state index in [-0.39, 0.29) is 129 Å². The zero-order valence-corrected chi connectivity index (χ0v) is 67.2. The molecule has 8 rings (SSSR count). The van der Waals surface area contributed by atoms with E-state index in [1.165, 1.54) is 59.7 Å². The Kier molecular flexibility index (Phi) is 31.4. The highest BCUT2D eigenvalue weighted by molar-refractivity contribution is 6.01. The van der Waals surface area contributed by atoms with Crippen molar-refractivity contribution in [2.24, 2.45) is 41.4 Å². The van der Waals surface area contributed by atoms with Gasteiger partial charge in [0.15, 0.2) is 0 Å². The molecule has 112 heavy (non-hydrogen) atoms. The lowest BCUT2D eigenvalue weighted by molar-refractivity contribution is -0.219. The van der Waals surface area contributed by atoms with Crippen LogP contribution in [0.15, 0.2) is 11.6 Å². The molecule has 0 aromatic rings. The van der Waals surface area contributed by atoms with Crippen molar-refractivity contribution in [1.82, 2.24) is 60.0 Å². The molecule has 4 aliphatic heterocycles. The molecule has 3 N–H and O–H groups in total. The Balaban J connectivity index is 1.22. The van der Waals surface area contributed by atoms with Gasteiger partial charge in [-0.2, -0.15) is 26.3 Å². The number of carbonyl (C=O) groups is 12. The number of alkyl halides is 8. The summed E-state index contributed by atoms with van der Waals surface area (Å²) in [5, 5.41) is 8.49. The molecule has 3 saturated heterocycles. The first-order valence-electron chi connectivity index (χ1n) is 40.3. The van der Waals surface area contributed by atoms with Gasteiger partial charge in [0.2, 0.25) is 70.9 Å². The monoisotopic (exact) mass is 1600 g/mol. The number of rotatable bonds is 14. The molecule has 632 valence electrons. The number of carbonyl (C=O) groups excluding carboxylic acids is 12. The first-order valence-corrected chi connectivity index (χ1v) is 40.3. The van der Waals surface area contributed by atoms with Gasteiger partial charge in [-0.25, -0.2) is 8.78 Å². The summed E-state index contributed by atoms with van der Waals surface area (Å²) in [6, 6.07) is -11.5. The molecule has 8 aliphatic rings. The van der Waals surface area contributed by atoms with Crippen molar-refractivity contribution < 1.29 is 102 Å². The number of likely N-dealkylation sites (N-methyl/N-ethyl adjacent to an activating group) is 6. The molecule has 0 radical (unpaired) electrons. The highest BCUT2D eigenvalue weighted by Gasteiger charge is 2.57. The standard InChI is InChI=1S/C78H120F8N12O14/c1-13-47(7)65-73(108)91(9)44-63(101)92(10)58-36-46(6)27-30-97(72(58)107)60(39-48-21-24-51(25-22-48)77(81,82)83)70(105)90(8)43-61(99)87-55(26-23-49-37-53(79)64(54(80)38-49)78(84,85)86)69(104)98-42-52(112-15-3)40-57(98)68(103)89-76(28-18-29-76)75(110)94(12)66(50-19-16-17-20-50)74(109)93(11)59(71(106)95-31-33-111-34-32-95)41-62(100)96(14-2)56(35-45(4)5)67(102)88-65/h27,45,47-60,64-66H,13-26,28-44H2,1-12H3,(H,87,99)(H,88,102)(H,89,103)/t47-,48?,49?,51?,52+,53?,54?,55-,56-,57-,58-,59-,60-,64?,65-,66-/m0/s1. The number of nitrogens with one attached hydrogen (secondary N) is 3. The van der Waals surface area contributed by atoms with E-state index in [9.17, 15) is 40.7 Å². The van der Waals surface area contributed by atoms with E-state index in [1.807, 2.05) is 13.8 Å². The Labute approximate surface area is 652 Å². The van der Waals surface area contributed by atoms with Crippen molar-refractivity contribution in [3.8, 4) is 0 Å². The van der Waals surface area contributed by atoms with Gasteiger partial charge in [0.25, 0.3) is 0 Å². The van der Waals surface area contributed by atoms with E-state index in [2.05, 4.69) is 16.0 Å². The highest BCUT2D eigenvalue weighted by Crippen LogP contribution is 2.46.